The number of hydrogen-bond acceptors (Lipinski definition) is 2. The molecule has 0 aliphatic heterocycles. The fourth-order valence-corrected chi connectivity index (χ4v) is 2.10. The Labute approximate surface area is 120 Å². The predicted octanol–water partition coefficient (Wildman–Crippen LogP) is 3.98. The SMILES string of the molecule is CC(NCC(C)(C)N(C)C)c1ccc(Cl)cc1Cl. The van der Waals surface area contributed by atoms with E-state index in [1.165, 1.54) is 0 Å². The quantitative estimate of drug-likeness (QED) is 0.882. The van der Waals surface area contributed by atoms with Crippen molar-refractivity contribution in [3.63, 3.8) is 0 Å². The summed E-state index contributed by atoms with van der Waals surface area (Å²) in [6.45, 7) is 7.41. The van der Waals surface area contributed by atoms with Gasteiger partial charge in [0.1, 0.15) is 0 Å². The van der Waals surface area contributed by atoms with Crippen molar-refractivity contribution in [1.29, 1.82) is 0 Å². The second-order valence-electron chi connectivity index (χ2n) is 5.48. The molecule has 1 rings (SSSR count). The summed E-state index contributed by atoms with van der Waals surface area (Å²) in [7, 11) is 4.17. The molecule has 2 nitrogen and oxygen atoms in total. The van der Waals surface area contributed by atoms with Crippen molar-refractivity contribution >= 4 is 23.2 Å². The molecule has 18 heavy (non-hydrogen) atoms. The van der Waals surface area contributed by atoms with E-state index in [1.807, 2.05) is 12.1 Å². The maximum Gasteiger partial charge on any atom is 0.0468 e. The van der Waals surface area contributed by atoms with Gasteiger partial charge in [0.2, 0.25) is 0 Å². The topological polar surface area (TPSA) is 15.3 Å². The van der Waals surface area contributed by atoms with Gasteiger partial charge in [0.15, 0.2) is 0 Å². The van der Waals surface area contributed by atoms with E-state index in [0.29, 0.717) is 10.0 Å². The Hall–Kier alpha value is -0.280. The first-order chi connectivity index (χ1) is 8.24. The van der Waals surface area contributed by atoms with Gasteiger partial charge in [-0.2, -0.15) is 0 Å². The molecule has 0 aromatic heterocycles. The fourth-order valence-electron chi connectivity index (χ4n) is 1.52. The maximum atomic E-state index is 6.20. The number of likely N-dealkylation sites (N-methyl/N-ethyl adjacent to an activating group) is 1. The van der Waals surface area contributed by atoms with Crippen molar-refractivity contribution in [3.8, 4) is 0 Å². The Morgan fingerprint density at radius 2 is 1.89 bits per heavy atom. The number of benzene rings is 1. The molecular formula is C14H22Cl2N2. The van der Waals surface area contributed by atoms with Gasteiger partial charge in [0.05, 0.1) is 0 Å². The molecule has 0 heterocycles. The summed E-state index contributed by atoms with van der Waals surface area (Å²) in [6.07, 6.45) is 0. The first-order valence-corrected chi connectivity index (χ1v) is 6.85. The first-order valence-electron chi connectivity index (χ1n) is 6.10. The van der Waals surface area contributed by atoms with Gasteiger partial charge in [-0.15, -0.1) is 0 Å². The molecule has 0 radical (unpaired) electrons. The van der Waals surface area contributed by atoms with Gasteiger partial charge in [0, 0.05) is 28.2 Å². The normalized spacial score (nSPS) is 14.0. The van der Waals surface area contributed by atoms with Crippen molar-refractivity contribution in [2.45, 2.75) is 32.4 Å². The largest absolute Gasteiger partial charge is 0.308 e. The van der Waals surface area contributed by atoms with Crippen LogP contribution in [-0.4, -0.2) is 31.1 Å². The molecule has 0 aliphatic rings. The van der Waals surface area contributed by atoms with E-state index < -0.39 is 0 Å². The molecule has 0 aliphatic carbocycles. The van der Waals surface area contributed by atoms with E-state index in [9.17, 15) is 0 Å². The van der Waals surface area contributed by atoms with Crippen LogP contribution in [0.15, 0.2) is 18.2 Å². The predicted molar refractivity (Wildman–Crippen MR) is 80.6 cm³/mol. The van der Waals surface area contributed by atoms with Gasteiger partial charge in [-0.3, -0.25) is 0 Å². The summed E-state index contributed by atoms with van der Waals surface area (Å²) in [4.78, 5) is 2.20. The Kier molecular flexibility index (Phi) is 5.47. The molecule has 0 saturated heterocycles. The zero-order valence-corrected chi connectivity index (χ0v) is 13.2. The van der Waals surface area contributed by atoms with Gasteiger partial charge in [-0.05, 0) is 52.6 Å². The molecule has 0 spiro atoms. The lowest BCUT2D eigenvalue weighted by Gasteiger charge is -2.34. The van der Waals surface area contributed by atoms with Crippen LogP contribution in [0, 0.1) is 0 Å². The molecule has 1 atom stereocenters. The lowest BCUT2D eigenvalue weighted by molar-refractivity contribution is 0.185. The monoisotopic (exact) mass is 288 g/mol. The summed E-state index contributed by atoms with van der Waals surface area (Å²) >= 11 is 12.1. The third-order valence-electron chi connectivity index (χ3n) is 3.48. The van der Waals surface area contributed by atoms with E-state index in [4.69, 9.17) is 23.2 Å². The summed E-state index contributed by atoms with van der Waals surface area (Å²) in [6, 6.07) is 5.84. The van der Waals surface area contributed by atoms with Crippen LogP contribution in [0.4, 0.5) is 0 Å². The average Bonchev–Trinajstić information content (AvgIpc) is 2.25. The molecule has 1 aromatic rings. The minimum Gasteiger partial charge on any atom is -0.308 e. The lowest BCUT2D eigenvalue weighted by Crippen LogP contribution is -2.47. The number of nitrogens with zero attached hydrogens (tertiary/aromatic N) is 1. The third-order valence-corrected chi connectivity index (χ3v) is 4.04. The van der Waals surface area contributed by atoms with Gasteiger partial charge in [-0.1, -0.05) is 29.3 Å². The molecule has 0 amide bonds. The van der Waals surface area contributed by atoms with Crippen molar-refractivity contribution in [1.82, 2.24) is 10.2 Å². The van der Waals surface area contributed by atoms with Gasteiger partial charge in [0.25, 0.3) is 0 Å². The molecular weight excluding hydrogens is 267 g/mol. The zero-order valence-electron chi connectivity index (χ0n) is 11.7. The number of hydrogen-bond donors (Lipinski definition) is 1. The molecule has 4 heteroatoms. The molecule has 102 valence electrons. The van der Waals surface area contributed by atoms with Crippen molar-refractivity contribution in [2.24, 2.45) is 0 Å². The lowest BCUT2D eigenvalue weighted by atomic mass is 10.0. The molecule has 1 aromatic carbocycles. The van der Waals surface area contributed by atoms with Crippen molar-refractivity contribution < 1.29 is 0 Å². The molecule has 0 saturated carbocycles. The van der Waals surface area contributed by atoms with Gasteiger partial charge in [-0.25, -0.2) is 0 Å². The van der Waals surface area contributed by atoms with Crippen LogP contribution in [0.5, 0.6) is 0 Å². The fraction of sp³-hybridized carbons (Fsp3) is 0.571. The highest BCUT2D eigenvalue weighted by Crippen LogP contribution is 2.26. The Balaban J connectivity index is 2.69. The minimum absolute atomic E-state index is 0.104. The average molecular weight is 289 g/mol. The van der Waals surface area contributed by atoms with E-state index in [-0.39, 0.29) is 11.6 Å². The Bertz CT molecular complexity index is 403. The van der Waals surface area contributed by atoms with Crippen LogP contribution >= 0.6 is 23.2 Å². The summed E-state index contributed by atoms with van der Waals surface area (Å²) in [5, 5.41) is 4.90. The highest BCUT2D eigenvalue weighted by atomic mass is 35.5. The van der Waals surface area contributed by atoms with Crippen LogP contribution in [0.3, 0.4) is 0 Å². The summed E-state index contributed by atoms with van der Waals surface area (Å²) in [5.74, 6) is 0. The van der Waals surface area contributed by atoms with Crippen LogP contribution in [-0.2, 0) is 0 Å². The van der Waals surface area contributed by atoms with Crippen LogP contribution in [0.25, 0.3) is 0 Å². The second kappa shape index (κ2) is 6.25. The number of halogens is 2. The van der Waals surface area contributed by atoms with Crippen LogP contribution < -0.4 is 5.32 Å². The minimum atomic E-state index is 0.104. The van der Waals surface area contributed by atoms with E-state index >= 15 is 0 Å². The van der Waals surface area contributed by atoms with E-state index in [0.717, 1.165) is 12.1 Å². The molecule has 0 bridgehead atoms. The van der Waals surface area contributed by atoms with Crippen LogP contribution in [0.2, 0.25) is 10.0 Å². The molecule has 1 unspecified atom stereocenters. The zero-order chi connectivity index (χ0) is 13.9. The Morgan fingerprint density at radius 1 is 1.28 bits per heavy atom. The maximum absolute atomic E-state index is 6.20. The van der Waals surface area contributed by atoms with Gasteiger partial charge >= 0.3 is 0 Å². The Morgan fingerprint density at radius 3 is 2.39 bits per heavy atom. The van der Waals surface area contributed by atoms with E-state index in [2.05, 4.69) is 45.1 Å². The molecule has 0 fully saturated rings. The highest BCUT2D eigenvalue weighted by Gasteiger charge is 2.21. The first kappa shape index (κ1) is 15.8. The second-order valence-corrected chi connectivity index (χ2v) is 6.32. The van der Waals surface area contributed by atoms with E-state index in [1.54, 1.807) is 6.07 Å². The number of rotatable bonds is 5. The smallest absolute Gasteiger partial charge is 0.0468 e. The summed E-state index contributed by atoms with van der Waals surface area (Å²) < 4.78 is 0. The molecule has 1 N–H and O–H groups in total. The third kappa shape index (κ3) is 4.13. The summed E-state index contributed by atoms with van der Waals surface area (Å²) in [5.41, 5.74) is 1.18. The van der Waals surface area contributed by atoms with Gasteiger partial charge < -0.3 is 10.2 Å². The van der Waals surface area contributed by atoms with Crippen molar-refractivity contribution in [2.75, 3.05) is 20.6 Å². The standard InChI is InChI=1S/C14H22Cl2N2/c1-10(17-9-14(2,3)18(4)5)12-7-6-11(15)8-13(12)16/h6-8,10,17H,9H2,1-5H3. The number of nitrogens with one attached hydrogen (secondary N) is 1. The van der Waals surface area contributed by atoms with Crippen LogP contribution in [0.1, 0.15) is 32.4 Å². The highest BCUT2D eigenvalue weighted by molar-refractivity contribution is 6.35. The van der Waals surface area contributed by atoms with Crippen molar-refractivity contribution in [3.05, 3.63) is 33.8 Å².